The number of amides is 2. The van der Waals surface area contributed by atoms with Gasteiger partial charge in [-0.25, -0.2) is 4.79 Å². The lowest BCUT2D eigenvalue weighted by atomic mass is 10.0. The molecule has 8 nitrogen and oxygen atoms in total. The minimum atomic E-state index is -0.679. The van der Waals surface area contributed by atoms with Crippen LogP contribution in [0.4, 0.5) is 10.5 Å². The molecular formula is C27H32N4O4. The molecule has 2 aromatic rings. The van der Waals surface area contributed by atoms with E-state index in [9.17, 15) is 9.59 Å². The van der Waals surface area contributed by atoms with Gasteiger partial charge in [0.2, 0.25) is 0 Å². The molecule has 1 aliphatic rings. The van der Waals surface area contributed by atoms with E-state index in [-0.39, 0.29) is 11.7 Å². The van der Waals surface area contributed by atoms with E-state index in [2.05, 4.69) is 22.2 Å². The Kier molecular flexibility index (Phi) is 9.69. The third-order valence-electron chi connectivity index (χ3n) is 5.49. The summed E-state index contributed by atoms with van der Waals surface area (Å²) in [5.41, 5.74) is 9.92. The van der Waals surface area contributed by atoms with Crippen molar-refractivity contribution in [3.8, 4) is 11.8 Å². The number of hydrogen-bond donors (Lipinski definition) is 2. The number of aliphatic imine (C=N–C) groups is 1. The number of aryl methyl sites for hydroxylation is 1. The van der Waals surface area contributed by atoms with Gasteiger partial charge in [-0.1, -0.05) is 25.2 Å². The number of rotatable bonds is 7. The first kappa shape index (κ1) is 25.8. The summed E-state index contributed by atoms with van der Waals surface area (Å²) in [7, 11) is 0. The average molecular weight is 477 g/mol. The van der Waals surface area contributed by atoms with Crippen LogP contribution in [0.2, 0.25) is 0 Å². The van der Waals surface area contributed by atoms with Crippen LogP contribution in [0.3, 0.4) is 0 Å². The Bertz CT molecular complexity index is 1110. The Morgan fingerprint density at radius 2 is 1.86 bits per heavy atom. The molecule has 1 fully saturated rings. The lowest BCUT2D eigenvalue weighted by Crippen LogP contribution is -2.40. The number of ether oxygens (including phenoxy) is 2. The monoisotopic (exact) mass is 476 g/mol. The summed E-state index contributed by atoms with van der Waals surface area (Å²) in [5, 5.41) is 3.23. The van der Waals surface area contributed by atoms with Gasteiger partial charge in [0.05, 0.1) is 26.4 Å². The molecule has 1 saturated heterocycles. The Balaban J connectivity index is 1.51. The Labute approximate surface area is 206 Å². The van der Waals surface area contributed by atoms with Crippen molar-refractivity contribution in [3.63, 3.8) is 0 Å². The highest BCUT2D eigenvalue weighted by Gasteiger charge is 2.18. The molecule has 0 spiro atoms. The SMILES string of the molecule is CCCCOC(=O)N=C(N)c1ccc(NCC#Cc2ccc(C(=O)N3CCOCC3)cc2C)cc1. The van der Waals surface area contributed by atoms with Gasteiger partial charge < -0.3 is 25.4 Å². The van der Waals surface area contributed by atoms with E-state index < -0.39 is 6.09 Å². The molecule has 184 valence electrons. The van der Waals surface area contributed by atoms with Crippen LogP contribution in [-0.2, 0) is 9.47 Å². The number of nitrogens with zero attached hydrogens (tertiary/aromatic N) is 2. The molecule has 0 radical (unpaired) electrons. The number of hydrogen-bond acceptors (Lipinski definition) is 5. The fourth-order valence-corrected chi connectivity index (χ4v) is 3.43. The second-order valence-electron chi connectivity index (χ2n) is 8.13. The summed E-state index contributed by atoms with van der Waals surface area (Å²) < 4.78 is 10.3. The van der Waals surface area contributed by atoms with Crippen LogP contribution < -0.4 is 11.1 Å². The molecule has 1 aliphatic heterocycles. The largest absolute Gasteiger partial charge is 0.448 e. The highest BCUT2D eigenvalue weighted by Crippen LogP contribution is 2.14. The first-order valence-corrected chi connectivity index (χ1v) is 11.8. The molecule has 0 bridgehead atoms. The first-order chi connectivity index (χ1) is 17.0. The maximum atomic E-state index is 12.6. The summed E-state index contributed by atoms with van der Waals surface area (Å²) in [5.74, 6) is 6.40. The minimum absolute atomic E-state index is 0.0279. The summed E-state index contributed by atoms with van der Waals surface area (Å²) in [6.45, 7) is 7.16. The normalized spacial score (nSPS) is 13.5. The first-order valence-electron chi connectivity index (χ1n) is 11.8. The molecule has 0 unspecified atom stereocenters. The fraction of sp³-hybridized carbons (Fsp3) is 0.370. The zero-order valence-electron chi connectivity index (χ0n) is 20.3. The number of nitrogens with two attached hydrogens (primary N) is 1. The molecule has 1 heterocycles. The maximum absolute atomic E-state index is 12.6. The molecule has 2 aromatic carbocycles. The minimum Gasteiger partial charge on any atom is -0.448 e. The highest BCUT2D eigenvalue weighted by molar-refractivity contribution is 6.02. The van der Waals surface area contributed by atoms with Crippen molar-refractivity contribution in [1.82, 2.24) is 4.90 Å². The molecule has 2 amide bonds. The number of morpholine rings is 1. The number of benzene rings is 2. The number of carbonyl (C=O) groups excluding carboxylic acids is 2. The topological polar surface area (TPSA) is 106 Å². The van der Waals surface area contributed by atoms with E-state index in [1.54, 1.807) is 12.1 Å². The van der Waals surface area contributed by atoms with Crippen molar-refractivity contribution in [2.45, 2.75) is 26.7 Å². The Morgan fingerprint density at radius 3 is 2.54 bits per heavy atom. The van der Waals surface area contributed by atoms with Crippen molar-refractivity contribution >= 4 is 23.5 Å². The van der Waals surface area contributed by atoms with Crippen molar-refractivity contribution in [2.75, 3.05) is 44.8 Å². The fourth-order valence-electron chi connectivity index (χ4n) is 3.43. The lowest BCUT2D eigenvalue weighted by molar-refractivity contribution is 0.0303. The lowest BCUT2D eigenvalue weighted by Gasteiger charge is -2.27. The molecule has 3 N–H and O–H groups in total. The van der Waals surface area contributed by atoms with E-state index in [1.807, 2.05) is 49.1 Å². The predicted molar refractivity (Wildman–Crippen MR) is 137 cm³/mol. The van der Waals surface area contributed by atoms with Gasteiger partial charge in [0.1, 0.15) is 5.84 Å². The summed E-state index contributed by atoms with van der Waals surface area (Å²) in [6, 6.07) is 12.9. The second-order valence-corrected chi connectivity index (χ2v) is 8.13. The third-order valence-corrected chi connectivity index (χ3v) is 5.49. The predicted octanol–water partition coefficient (Wildman–Crippen LogP) is 3.57. The van der Waals surface area contributed by atoms with Gasteiger partial charge in [0.25, 0.3) is 5.91 Å². The van der Waals surface area contributed by atoms with Gasteiger partial charge in [-0.15, -0.1) is 0 Å². The van der Waals surface area contributed by atoms with Crippen LogP contribution in [0.1, 0.15) is 46.8 Å². The molecule has 0 atom stereocenters. The zero-order chi connectivity index (χ0) is 25.0. The van der Waals surface area contributed by atoms with Crippen LogP contribution in [0.25, 0.3) is 0 Å². The van der Waals surface area contributed by atoms with Crippen LogP contribution in [0.5, 0.6) is 0 Å². The molecular weight excluding hydrogens is 444 g/mol. The number of amidine groups is 1. The summed E-state index contributed by atoms with van der Waals surface area (Å²) >= 11 is 0. The Morgan fingerprint density at radius 1 is 1.14 bits per heavy atom. The van der Waals surface area contributed by atoms with E-state index in [0.29, 0.717) is 50.6 Å². The quantitative estimate of drug-likeness (QED) is 0.274. The van der Waals surface area contributed by atoms with E-state index in [1.165, 1.54) is 0 Å². The van der Waals surface area contributed by atoms with Gasteiger partial charge in [-0.3, -0.25) is 4.79 Å². The van der Waals surface area contributed by atoms with Gasteiger partial charge in [0, 0.05) is 35.5 Å². The van der Waals surface area contributed by atoms with Crippen LogP contribution in [0, 0.1) is 18.8 Å². The molecule has 0 saturated carbocycles. The van der Waals surface area contributed by atoms with Gasteiger partial charge in [-0.05, 0) is 61.4 Å². The average Bonchev–Trinajstić information content (AvgIpc) is 2.88. The second kappa shape index (κ2) is 13.2. The summed E-state index contributed by atoms with van der Waals surface area (Å²) in [4.78, 5) is 29.9. The Hall–Kier alpha value is -3.83. The molecule has 8 heteroatoms. The third kappa shape index (κ3) is 7.87. The van der Waals surface area contributed by atoms with Crippen LogP contribution in [0.15, 0.2) is 47.5 Å². The number of unbranched alkanes of at least 4 members (excludes halogenated alkanes) is 1. The maximum Gasteiger partial charge on any atom is 0.435 e. The molecule has 0 aliphatic carbocycles. The van der Waals surface area contributed by atoms with E-state index in [4.69, 9.17) is 15.2 Å². The van der Waals surface area contributed by atoms with Gasteiger partial charge >= 0.3 is 6.09 Å². The van der Waals surface area contributed by atoms with Crippen molar-refractivity contribution < 1.29 is 19.1 Å². The van der Waals surface area contributed by atoms with E-state index >= 15 is 0 Å². The standard InChI is InChI=1S/C27H32N4O4/c1-3-4-16-35-27(33)30-25(28)22-9-11-24(12-10-22)29-13-5-6-21-7-8-23(19-20(21)2)26(32)31-14-17-34-18-15-31/h7-12,19,29H,3-4,13-18H2,1-2H3,(H2,28,30,33). The van der Waals surface area contributed by atoms with E-state index in [0.717, 1.165) is 29.7 Å². The number of carbonyl (C=O) groups is 2. The molecule has 35 heavy (non-hydrogen) atoms. The van der Waals surface area contributed by atoms with Gasteiger partial charge in [-0.2, -0.15) is 4.99 Å². The van der Waals surface area contributed by atoms with Gasteiger partial charge in [0.15, 0.2) is 0 Å². The van der Waals surface area contributed by atoms with Crippen LogP contribution >= 0.6 is 0 Å². The summed E-state index contributed by atoms with van der Waals surface area (Å²) in [6.07, 6.45) is 1.06. The number of nitrogens with one attached hydrogen (secondary N) is 1. The molecule has 3 rings (SSSR count). The van der Waals surface area contributed by atoms with Crippen molar-refractivity contribution in [2.24, 2.45) is 10.7 Å². The van der Waals surface area contributed by atoms with Crippen molar-refractivity contribution in [1.29, 1.82) is 0 Å². The smallest absolute Gasteiger partial charge is 0.435 e. The zero-order valence-corrected chi connectivity index (χ0v) is 20.3. The number of anilines is 1. The molecule has 0 aromatic heterocycles. The highest BCUT2D eigenvalue weighted by atomic mass is 16.5. The van der Waals surface area contributed by atoms with Crippen LogP contribution in [-0.4, -0.2) is 62.2 Å². The van der Waals surface area contributed by atoms with Crippen molar-refractivity contribution in [3.05, 3.63) is 64.7 Å².